The Kier molecular flexibility index (Phi) is 28.5. The van der Waals surface area contributed by atoms with E-state index in [4.69, 9.17) is 40.4 Å². The van der Waals surface area contributed by atoms with Gasteiger partial charge >= 0.3 is 6.18 Å². The highest BCUT2D eigenvalue weighted by molar-refractivity contribution is 6.32. The van der Waals surface area contributed by atoms with Gasteiger partial charge in [0.05, 0.1) is 37.2 Å². The zero-order chi connectivity index (χ0) is 72.1. The number of methoxy groups -OCH3 is 2. The number of allylic oxidation sites excluding steroid dienone is 1. The molecule has 9 aromatic rings. The molecule has 9 rings (SSSR count). The molecule has 1 atom stereocenters. The first kappa shape index (κ1) is 75.6. The van der Waals surface area contributed by atoms with Crippen molar-refractivity contribution < 1.29 is 79.0 Å². The minimum atomic E-state index is -4.75. The van der Waals surface area contributed by atoms with Crippen molar-refractivity contribution >= 4 is 110 Å². The highest BCUT2D eigenvalue weighted by Crippen LogP contribution is 2.37. The van der Waals surface area contributed by atoms with Gasteiger partial charge in [-0.15, -0.1) is 0 Å². The van der Waals surface area contributed by atoms with Gasteiger partial charge in [-0.2, -0.15) is 28.1 Å². The lowest BCUT2D eigenvalue weighted by molar-refractivity contribution is -0.137. The summed E-state index contributed by atoms with van der Waals surface area (Å²) in [5.74, 6) is -3.89. The van der Waals surface area contributed by atoms with Crippen LogP contribution in [0.2, 0.25) is 5.02 Å². The van der Waals surface area contributed by atoms with Gasteiger partial charge < -0.3 is 76.4 Å². The lowest BCUT2D eigenvalue weighted by atomic mass is 10.1. The Labute approximate surface area is 572 Å². The lowest BCUT2D eigenvalue weighted by Gasteiger charge is -2.15. The van der Waals surface area contributed by atoms with Crippen LogP contribution in [0.5, 0.6) is 17.2 Å². The third-order valence-corrected chi connectivity index (χ3v) is 13.2. The number of amides is 2. The number of alkyl halides is 3. The lowest BCUT2D eigenvalue weighted by Crippen LogP contribution is -2.21. The largest absolute Gasteiger partial charge is 0.489 e. The number of aliphatic hydroxyl groups is 2. The number of nitrogens with one attached hydrogen (secondary N) is 8. The van der Waals surface area contributed by atoms with E-state index in [1.807, 2.05) is 0 Å². The van der Waals surface area contributed by atoms with Gasteiger partial charge in [-0.25, -0.2) is 32.5 Å². The van der Waals surface area contributed by atoms with Crippen molar-refractivity contribution in [3.8, 4) is 17.2 Å². The number of halogens is 8. The van der Waals surface area contributed by atoms with Crippen LogP contribution < -0.4 is 56.7 Å². The number of benzene rings is 6. The fraction of sp³-hybridized carbons (Fsp3) is 0.162. The molecule has 2 amide bonds. The number of hydrogen-bond donors (Lipinski definition) is 10. The van der Waals surface area contributed by atoms with Gasteiger partial charge in [0, 0.05) is 90.5 Å². The number of carbonyl (C=O) groups excluding carboxylic acids is 3. The summed E-state index contributed by atoms with van der Waals surface area (Å²) in [5.41, 5.74) is 2.89. The topological polar surface area (TPSA) is 311 Å². The molecule has 0 aliphatic carbocycles. The van der Waals surface area contributed by atoms with Crippen molar-refractivity contribution in [2.24, 2.45) is 0 Å². The Morgan fingerprint density at radius 2 is 0.940 bits per heavy atom. The molecule has 0 saturated carbocycles. The zero-order valence-corrected chi connectivity index (χ0v) is 53.9. The SMILES string of the molecule is C=CC(=O)Cc1ccc(Nc2nc(Nc3ccc(OCCOC)c(F)c3)ncc2F)cc1.C=CC(=O)Nc1cccc(Nc2nc(Nc3ccc(Cl)c(OCC(O)CO)c3)ncc2F)c1.C=CC(=O)Nc1cccc(Nc2nc(Nc3ccc(OCCOC)c(F)c3)ncc2C(F)(F)F)c1. The highest BCUT2D eigenvalue weighted by Gasteiger charge is 2.35. The standard InChI is InChI=1S/C23H21F4N5O3.C23H22F2N4O3.C22H21ClFN5O4/c1-3-20(33)29-14-5-4-6-15(11-14)30-21-17(23(25,26)27)13-28-22(32-21)31-16-7-8-19(18(24)12-16)35-10-9-34-2;1-3-18(30)12-15-4-6-16(7-5-15)27-22-20(25)14-26-23(29-22)28-17-8-9-21(19(24)13-17)32-11-10-31-2;1-2-20(32)26-13-4-3-5-14(8-13)27-21-18(24)10-25-22(29-21)28-15-6-7-17(23)19(9-15)33-12-16(31)11-30/h3-8,11-13H,1,9-10H2,2H3,(H,29,33)(H2,28,30,31,32);3-9,13-14H,1,10-12H2,2H3,(H2,26,27,28,29);2-10,16,30-31H,1,11-12H2,(H,26,32)(H2,25,27,28,29). The number of nitrogens with zero attached hydrogens (tertiary/aromatic N) is 6. The number of aromatic nitrogens is 6. The number of aliphatic hydroxyl groups excluding tert-OH is 2. The molecular formula is C68H64ClF7N14O10. The normalized spacial score (nSPS) is 11.0. The molecule has 0 saturated heterocycles. The molecular weight excluding hydrogens is 1340 g/mol. The second-order valence-corrected chi connectivity index (χ2v) is 20.7. The van der Waals surface area contributed by atoms with E-state index in [0.29, 0.717) is 52.0 Å². The Hall–Kier alpha value is -11.8. The van der Waals surface area contributed by atoms with Crippen molar-refractivity contribution in [2.45, 2.75) is 18.7 Å². The van der Waals surface area contributed by atoms with Crippen molar-refractivity contribution in [3.05, 3.63) is 223 Å². The molecule has 3 heterocycles. The Bertz CT molecular complexity index is 4300. The number of anilines is 14. The van der Waals surface area contributed by atoms with E-state index < -0.39 is 59.4 Å². The van der Waals surface area contributed by atoms with Crippen LogP contribution in [-0.2, 0) is 36.5 Å². The van der Waals surface area contributed by atoms with Crippen LogP contribution in [0.25, 0.3) is 0 Å². The van der Waals surface area contributed by atoms with Crippen LogP contribution in [0.3, 0.4) is 0 Å². The maximum Gasteiger partial charge on any atom is 0.421 e. The molecule has 32 heteroatoms. The van der Waals surface area contributed by atoms with Crippen LogP contribution in [0, 0.1) is 23.3 Å². The summed E-state index contributed by atoms with van der Waals surface area (Å²) >= 11 is 6.10. The average Bonchev–Trinajstić information content (AvgIpc) is 0.819. The third-order valence-electron chi connectivity index (χ3n) is 12.9. The van der Waals surface area contributed by atoms with E-state index in [0.717, 1.165) is 36.2 Å². The summed E-state index contributed by atoms with van der Waals surface area (Å²) in [5, 5.41) is 40.5. The Morgan fingerprint density at radius 1 is 0.510 bits per heavy atom. The van der Waals surface area contributed by atoms with Crippen LogP contribution in [-0.4, -0.2) is 118 Å². The highest BCUT2D eigenvalue weighted by atomic mass is 35.5. The van der Waals surface area contributed by atoms with Gasteiger partial charge in [0.25, 0.3) is 0 Å². The van der Waals surface area contributed by atoms with Crippen LogP contribution >= 0.6 is 11.6 Å². The van der Waals surface area contributed by atoms with Crippen LogP contribution in [0.4, 0.5) is 112 Å². The summed E-state index contributed by atoms with van der Waals surface area (Å²) in [4.78, 5) is 58.1. The fourth-order valence-electron chi connectivity index (χ4n) is 8.08. The van der Waals surface area contributed by atoms with Crippen molar-refractivity contribution in [1.29, 1.82) is 0 Å². The molecule has 1 unspecified atom stereocenters. The quantitative estimate of drug-likeness (QED) is 0.0110. The number of ketones is 1. The molecule has 0 aliphatic rings. The van der Waals surface area contributed by atoms with E-state index in [-0.39, 0.29) is 103 Å². The second-order valence-electron chi connectivity index (χ2n) is 20.3. The molecule has 6 aromatic carbocycles. The minimum absolute atomic E-state index is 0.00767. The molecule has 0 spiro atoms. The summed E-state index contributed by atoms with van der Waals surface area (Å²) in [6.45, 7) is 10.6. The monoisotopic (exact) mass is 1400 g/mol. The van der Waals surface area contributed by atoms with Gasteiger partial charge in [0.15, 0.2) is 52.2 Å². The summed E-state index contributed by atoms with van der Waals surface area (Å²) in [6, 6.07) is 32.6. The van der Waals surface area contributed by atoms with Gasteiger partial charge in [0.1, 0.15) is 43.1 Å². The number of rotatable bonds is 31. The smallest absolute Gasteiger partial charge is 0.421 e. The first-order valence-corrected chi connectivity index (χ1v) is 29.9. The molecule has 522 valence electrons. The van der Waals surface area contributed by atoms with Crippen molar-refractivity contribution in [2.75, 3.05) is 96.4 Å². The van der Waals surface area contributed by atoms with Gasteiger partial charge in [-0.3, -0.25) is 14.4 Å². The molecule has 0 radical (unpaired) electrons. The van der Waals surface area contributed by atoms with Gasteiger partial charge in [-0.05, 0) is 109 Å². The molecule has 24 nitrogen and oxygen atoms in total. The van der Waals surface area contributed by atoms with Crippen molar-refractivity contribution in [3.63, 3.8) is 0 Å². The summed E-state index contributed by atoms with van der Waals surface area (Å²) in [7, 11) is 3.01. The van der Waals surface area contributed by atoms with Gasteiger partial charge in [0.2, 0.25) is 29.7 Å². The predicted molar refractivity (Wildman–Crippen MR) is 364 cm³/mol. The molecule has 0 aliphatic heterocycles. The molecule has 0 fully saturated rings. The minimum Gasteiger partial charge on any atom is -0.489 e. The molecule has 3 aromatic heterocycles. The number of carbonyl (C=O) groups is 3. The maximum atomic E-state index is 14.3. The van der Waals surface area contributed by atoms with E-state index in [9.17, 15) is 50.2 Å². The van der Waals surface area contributed by atoms with E-state index in [1.165, 1.54) is 62.8 Å². The summed E-state index contributed by atoms with van der Waals surface area (Å²) < 4.78 is 123. The zero-order valence-electron chi connectivity index (χ0n) is 53.1. The Balaban J connectivity index is 0.000000211. The number of ether oxygens (including phenoxy) is 5. The third kappa shape index (κ3) is 24.1. The fourth-order valence-corrected chi connectivity index (χ4v) is 8.25. The summed E-state index contributed by atoms with van der Waals surface area (Å²) in [6.07, 6.45) is 0.546. The average molecular weight is 1410 g/mol. The second kappa shape index (κ2) is 37.7. The van der Waals surface area contributed by atoms with Crippen LogP contribution in [0.1, 0.15) is 11.1 Å². The van der Waals surface area contributed by atoms with E-state index in [2.05, 4.69) is 92.2 Å². The van der Waals surface area contributed by atoms with E-state index in [1.54, 1.807) is 78.9 Å². The van der Waals surface area contributed by atoms with Crippen LogP contribution in [0.15, 0.2) is 184 Å². The Morgan fingerprint density at radius 3 is 1.40 bits per heavy atom. The predicted octanol–water partition coefficient (Wildman–Crippen LogP) is 13.4. The maximum absolute atomic E-state index is 14.3. The van der Waals surface area contributed by atoms with Gasteiger partial charge in [-0.1, -0.05) is 55.6 Å². The molecule has 100 heavy (non-hydrogen) atoms. The number of hydrogen-bond acceptors (Lipinski definition) is 22. The first-order chi connectivity index (χ1) is 48.0. The van der Waals surface area contributed by atoms with Crippen molar-refractivity contribution in [1.82, 2.24) is 29.9 Å². The van der Waals surface area contributed by atoms with E-state index >= 15 is 0 Å². The molecule has 10 N–H and O–H groups in total. The molecule has 0 bridgehead atoms. The first-order valence-electron chi connectivity index (χ1n) is 29.5.